The zero-order valence-corrected chi connectivity index (χ0v) is 14.2. The topological polar surface area (TPSA) is 84.7 Å². The van der Waals surface area contributed by atoms with Crippen LogP contribution in [0.1, 0.15) is 45.2 Å². The first kappa shape index (κ1) is 17.5. The van der Waals surface area contributed by atoms with E-state index in [4.69, 9.17) is 4.74 Å². The maximum absolute atomic E-state index is 12.3. The third-order valence-electron chi connectivity index (χ3n) is 4.19. The van der Waals surface area contributed by atoms with E-state index < -0.39 is 17.9 Å². The van der Waals surface area contributed by atoms with Gasteiger partial charge in [-0.2, -0.15) is 5.10 Å². The molecule has 2 heterocycles. The van der Waals surface area contributed by atoms with Crippen LogP contribution >= 0.6 is 0 Å². The maximum Gasteiger partial charge on any atom is 0.308 e. The highest BCUT2D eigenvalue weighted by atomic mass is 16.5. The number of hydrogen-bond donors (Lipinski definition) is 1. The number of methoxy groups -OCH3 is 1. The lowest BCUT2D eigenvalue weighted by Crippen LogP contribution is -2.46. The highest BCUT2D eigenvalue weighted by Crippen LogP contribution is 2.37. The van der Waals surface area contributed by atoms with Crippen LogP contribution < -0.4 is 0 Å². The molecule has 7 nitrogen and oxygen atoms in total. The molecule has 128 valence electrons. The Hall–Kier alpha value is -1.89. The number of piperidine rings is 1. The molecule has 23 heavy (non-hydrogen) atoms. The molecule has 0 unspecified atom stereocenters. The first-order valence-electron chi connectivity index (χ1n) is 7.82. The fraction of sp³-hybridized carbons (Fsp3) is 0.688. The van der Waals surface area contributed by atoms with Gasteiger partial charge in [0.25, 0.3) is 0 Å². The van der Waals surface area contributed by atoms with Gasteiger partial charge in [-0.3, -0.25) is 14.3 Å². The van der Waals surface area contributed by atoms with Crippen molar-refractivity contribution < 1.29 is 19.4 Å². The normalized spacial score (nSPS) is 22.4. The second-order valence-electron chi connectivity index (χ2n) is 6.90. The molecule has 0 radical (unpaired) electrons. The molecule has 1 amide bonds. The standard InChI is InChI=1S/C16H25N3O4/c1-16(2,3)19-10-11(9-17-19)14-12(15(21)22)5-6-13(20)18(14)7-8-23-4/h9-10,12,14H,5-8H2,1-4H3,(H,21,22)/t12-,14-/m1/s1. The van der Waals surface area contributed by atoms with Crippen molar-refractivity contribution in [1.82, 2.24) is 14.7 Å². The molecule has 1 N–H and O–H groups in total. The molecule has 2 rings (SSSR count). The lowest BCUT2D eigenvalue weighted by Gasteiger charge is -2.39. The number of rotatable bonds is 5. The minimum Gasteiger partial charge on any atom is -0.481 e. The average Bonchev–Trinajstić information content (AvgIpc) is 2.94. The number of amides is 1. The van der Waals surface area contributed by atoms with Gasteiger partial charge in [-0.1, -0.05) is 0 Å². The van der Waals surface area contributed by atoms with Crippen molar-refractivity contribution in [2.75, 3.05) is 20.3 Å². The Morgan fingerprint density at radius 1 is 1.48 bits per heavy atom. The smallest absolute Gasteiger partial charge is 0.308 e. The molecular formula is C16H25N3O4. The van der Waals surface area contributed by atoms with Gasteiger partial charge in [-0.25, -0.2) is 0 Å². The predicted octanol–water partition coefficient (Wildman–Crippen LogP) is 1.65. The Morgan fingerprint density at radius 2 is 2.17 bits per heavy atom. The second-order valence-corrected chi connectivity index (χ2v) is 6.90. The summed E-state index contributed by atoms with van der Waals surface area (Å²) >= 11 is 0. The molecule has 2 atom stereocenters. The van der Waals surface area contributed by atoms with Gasteiger partial charge in [0.05, 0.1) is 30.3 Å². The highest BCUT2D eigenvalue weighted by molar-refractivity contribution is 5.81. The Morgan fingerprint density at radius 3 is 2.70 bits per heavy atom. The summed E-state index contributed by atoms with van der Waals surface area (Å²) in [6.07, 6.45) is 4.12. The fourth-order valence-electron chi connectivity index (χ4n) is 2.93. The summed E-state index contributed by atoms with van der Waals surface area (Å²) in [7, 11) is 1.57. The number of ether oxygens (including phenoxy) is 1. The number of carboxylic acids is 1. The summed E-state index contributed by atoms with van der Waals surface area (Å²) in [4.78, 5) is 25.6. The van der Waals surface area contributed by atoms with E-state index in [9.17, 15) is 14.7 Å². The van der Waals surface area contributed by atoms with Crippen molar-refractivity contribution in [1.29, 1.82) is 0 Å². The quantitative estimate of drug-likeness (QED) is 0.890. The minimum atomic E-state index is -0.881. The largest absolute Gasteiger partial charge is 0.481 e. The summed E-state index contributed by atoms with van der Waals surface area (Å²) < 4.78 is 6.87. The number of aromatic nitrogens is 2. The van der Waals surface area contributed by atoms with Crippen molar-refractivity contribution in [2.24, 2.45) is 5.92 Å². The molecule has 0 bridgehead atoms. The Labute approximate surface area is 136 Å². The van der Waals surface area contributed by atoms with E-state index in [0.29, 0.717) is 19.6 Å². The second kappa shape index (κ2) is 6.70. The maximum atomic E-state index is 12.3. The van der Waals surface area contributed by atoms with Crippen LogP contribution in [0.2, 0.25) is 0 Å². The van der Waals surface area contributed by atoms with Crippen LogP contribution in [-0.4, -0.2) is 51.9 Å². The van der Waals surface area contributed by atoms with Gasteiger partial charge in [0.1, 0.15) is 0 Å². The number of likely N-dealkylation sites (tertiary alicyclic amines) is 1. The molecule has 0 aromatic carbocycles. The zero-order valence-electron chi connectivity index (χ0n) is 14.2. The van der Waals surface area contributed by atoms with E-state index in [1.54, 1.807) is 22.9 Å². The van der Waals surface area contributed by atoms with Crippen LogP contribution in [0.4, 0.5) is 0 Å². The van der Waals surface area contributed by atoms with E-state index >= 15 is 0 Å². The van der Waals surface area contributed by atoms with Crippen LogP contribution in [0.3, 0.4) is 0 Å². The van der Waals surface area contributed by atoms with E-state index in [2.05, 4.69) is 5.10 Å². The first-order chi connectivity index (χ1) is 10.8. The number of nitrogens with zero attached hydrogens (tertiary/aromatic N) is 3. The third-order valence-corrected chi connectivity index (χ3v) is 4.19. The van der Waals surface area contributed by atoms with Crippen LogP contribution in [0.5, 0.6) is 0 Å². The number of carboxylic acid groups (broad SMARTS) is 1. The van der Waals surface area contributed by atoms with E-state index in [1.165, 1.54) is 0 Å². The molecule has 1 aliphatic heterocycles. The lowest BCUT2D eigenvalue weighted by atomic mass is 9.85. The van der Waals surface area contributed by atoms with Gasteiger partial charge in [0.15, 0.2) is 0 Å². The third kappa shape index (κ3) is 3.72. The fourth-order valence-corrected chi connectivity index (χ4v) is 2.93. The first-order valence-corrected chi connectivity index (χ1v) is 7.82. The predicted molar refractivity (Wildman–Crippen MR) is 83.9 cm³/mol. The lowest BCUT2D eigenvalue weighted by molar-refractivity contribution is -0.152. The number of carbonyl (C=O) groups excluding carboxylic acids is 1. The summed E-state index contributed by atoms with van der Waals surface area (Å²) in [5.74, 6) is -1.54. The van der Waals surface area contributed by atoms with Gasteiger partial charge in [-0.15, -0.1) is 0 Å². The summed E-state index contributed by atoms with van der Waals surface area (Å²) in [6, 6.07) is -0.500. The average molecular weight is 323 g/mol. The molecule has 0 saturated carbocycles. The number of carbonyl (C=O) groups is 2. The molecule has 1 aromatic heterocycles. The monoisotopic (exact) mass is 323 g/mol. The molecule has 1 fully saturated rings. The van der Waals surface area contributed by atoms with Crippen LogP contribution in [0, 0.1) is 5.92 Å². The van der Waals surface area contributed by atoms with Gasteiger partial charge < -0.3 is 14.7 Å². The van der Waals surface area contributed by atoms with Crippen LogP contribution in [0.25, 0.3) is 0 Å². The number of aliphatic carboxylic acids is 1. The Bertz CT molecular complexity index is 576. The summed E-state index contributed by atoms with van der Waals surface area (Å²) in [5, 5.41) is 13.9. The van der Waals surface area contributed by atoms with Gasteiger partial charge in [-0.05, 0) is 27.2 Å². The highest BCUT2D eigenvalue weighted by Gasteiger charge is 2.41. The molecule has 1 saturated heterocycles. The van der Waals surface area contributed by atoms with Crippen LogP contribution in [-0.2, 0) is 19.9 Å². The van der Waals surface area contributed by atoms with E-state index in [1.807, 2.05) is 27.0 Å². The van der Waals surface area contributed by atoms with Gasteiger partial charge in [0, 0.05) is 31.8 Å². The Balaban J connectivity index is 2.38. The van der Waals surface area contributed by atoms with Crippen molar-refractivity contribution in [3.63, 3.8) is 0 Å². The summed E-state index contributed by atoms with van der Waals surface area (Å²) in [6.45, 7) is 6.82. The molecule has 1 aromatic rings. The number of hydrogen-bond acceptors (Lipinski definition) is 4. The van der Waals surface area contributed by atoms with Gasteiger partial charge in [0.2, 0.25) is 5.91 Å². The van der Waals surface area contributed by atoms with Crippen LogP contribution in [0.15, 0.2) is 12.4 Å². The van der Waals surface area contributed by atoms with Crippen molar-refractivity contribution >= 4 is 11.9 Å². The van der Waals surface area contributed by atoms with Crippen molar-refractivity contribution in [3.05, 3.63) is 18.0 Å². The summed E-state index contributed by atoms with van der Waals surface area (Å²) in [5.41, 5.74) is 0.559. The van der Waals surface area contributed by atoms with E-state index in [0.717, 1.165) is 5.56 Å². The van der Waals surface area contributed by atoms with Gasteiger partial charge >= 0.3 is 5.97 Å². The minimum absolute atomic E-state index is 0.0342. The Kier molecular flexibility index (Phi) is 5.09. The van der Waals surface area contributed by atoms with E-state index in [-0.39, 0.29) is 17.9 Å². The van der Waals surface area contributed by atoms with Crippen molar-refractivity contribution in [3.8, 4) is 0 Å². The molecule has 0 spiro atoms. The SMILES string of the molecule is COCCN1C(=O)CC[C@@H](C(=O)O)[C@H]1c1cnn(C(C)(C)C)c1. The molecule has 1 aliphatic rings. The zero-order chi connectivity index (χ0) is 17.2. The molecule has 0 aliphatic carbocycles. The molecular weight excluding hydrogens is 298 g/mol. The molecule has 7 heteroatoms. The van der Waals surface area contributed by atoms with Crippen molar-refractivity contribution in [2.45, 2.75) is 45.2 Å².